The van der Waals surface area contributed by atoms with Gasteiger partial charge in [0.15, 0.2) is 0 Å². The normalized spacial score (nSPS) is 13.5. The minimum Gasteiger partial charge on any atom is -0.312 e. The Labute approximate surface area is 179 Å². The number of benzene rings is 2. The van der Waals surface area contributed by atoms with Gasteiger partial charge in [0, 0.05) is 29.9 Å². The van der Waals surface area contributed by atoms with Crippen molar-refractivity contribution in [1.29, 1.82) is 0 Å². The molecule has 0 radical (unpaired) electrons. The first-order valence-electron chi connectivity index (χ1n) is 10.4. The largest absolute Gasteiger partial charge is 0.312 e. The van der Waals surface area contributed by atoms with E-state index in [0.29, 0.717) is 0 Å². The molecule has 1 aliphatic heterocycles. The highest BCUT2D eigenvalue weighted by atomic mass is 15.4. The zero-order valence-corrected chi connectivity index (χ0v) is 17.1. The minimum atomic E-state index is 0.738. The van der Waals surface area contributed by atoms with Gasteiger partial charge in [0.25, 0.3) is 0 Å². The van der Waals surface area contributed by atoms with Gasteiger partial charge in [-0.05, 0) is 72.5 Å². The Morgan fingerprint density at radius 1 is 1.03 bits per heavy atom. The summed E-state index contributed by atoms with van der Waals surface area (Å²) < 4.78 is 1.82. The Morgan fingerprint density at radius 3 is 2.94 bits per heavy atom. The maximum absolute atomic E-state index is 4.53. The number of rotatable bonds is 3. The molecule has 152 valence electrons. The van der Waals surface area contributed by atoms with Crippen molar-refractivity contribution in [2.24, 2.45) is 0 Å². The summed E-state index contributed by atoms with van der Waals surface area (Å²) in [6.07, 6.45) is 6.72. The van der Waals surface area contributed by atoms with Crippen LogP contribution in [0.1, 0.15) is 16.7 Å². The molecule has 0 fully saturated rings. The highest BCUT2D eigenvalue weighted by molar-refractivity contribution is 5.95. The summed E-state index contributed by atoms with van der Waals surface area (Å²) in [6, 6.07) is 14.8. The lowest BCUT2D eigenvalue weighted by molar-refractivity contribution is 0.642. The third-order valence-electron chi connectivity index (χ3n) is 5.99. The van der Waals surface area contributed by atoms with Crippen molar-refractivity contribution in [2.75, 3.05) is 6.54 Å². The van der Waals surface area contributed by atoms with E-state index in [4.69, 9.17) is 0 Å². The lowest BCUT2D eigenvalue weighted by Crippen LogP contribution is -2.23. The first-order chi connectivity index (χ1) is 15.3. The summed E-state index contributed by atoms with van der Waals surface area (Å²) in [6.45, 7) is 4.02. The van der Waals surface area contributed by atoms with Gasteiger partial charge < -0.3 is 5.32 Å². The summed E-state index contributed by atoms with van der Waals surface area (Å²) >= 11 is 0. The van der Waals surface area contributed by atoms with E-state index in [9.17, 15) is 0 Å². The van der Waals surface area contributed by atoms with E-state index < -0.39 is 0 Å². The Kier molecular flexibility index (Phi) is 4.14. The van der Waals surface area contributed by atoms with Gasteiger partial charge in [0.1, 0.15) is 11.4 Å². The van der Waals surface area contributed by atoms with Crippen molar-refractivity contribution in [3.63, 3.8) is 0 Å². The molecule has 2 N–H and O–H groups in total. The van der Waals surface area contributed by atoms with Crippen LogP contribution in [0.4, 0.5) is 0 Å². The molecule has 4 heterocycles. The van der Waals surface area contributed by atoms with Crippen LogP contribution in [0.15, 0.2) is 61.1 Å². The third-order valence-corrected chi connectivity index (χ3v) is 5.99. The highest BCUT2D eigenvalue weighted by Gasteiger charge is 2.15. The van der Waals surface area contributed by atoms with Crippen LogP contribution >= 0.6 is 0 Å². The average molecular weight is 407 g/mol. The maximum atomic E-state index is 4.53. The number of H-pyrrole nitrogens is 1. The molecular weight excluding hydrogens is 386 g/mol. The molecular formula is C24H21N7. The second kappa shape index (κ2) is 7.14. The molecule has 31 heavy (non-hydrogen) atoms. The molecule has 0 spiro atoms. The smallest absolute Gasteiger partial charge is 0.134 e. The quantitative estimate of drug-likeness (QED) is 0.475. The Morgan fingerprint density at radius 2 is 2.00 bits per heavy atom. The Bertz CT molecular complexity index is 1410. The summed E-state index contributed by atoms with van der Waals surface area (Å²) in [5, 5.41) is 20.9. The fourth-order valence-electron chi connectivity index (χ4n) is 4.25. The SMILES string of the molecule is Cc1ccncc1-c1ccc2[nH]nc(-c3cn(-c4ccc5c(c4)CNCC5)nn3)c2c1. The lowest BCUT2D eigenvalue weighted by Gasteiger charge is -2.17. The summed E-state index contributed by atoms with van der Waals surface area (Å²) in [5.74, 6) is 0. The average Bonchev–Trinajstić information content (AvgIpc) is 3.46. The molecule has 0 aliphatic carbocycles. The zero-order valence-electron chi connectivity index (χ0n) is 17.1. The van der Waals surface area contributed by atoms with Crippen LogP contribution in [-0.2, 0) is 13.0 Å². The van der Waals surface area contributed by atoms with E-state index in [1.807, 2.05) is 29.3 Å². The van der Waals surface area contributed by atoms with Crippen molar-refractivity contribution in [2.45, 2.75) is 19.9 Å². The third kappa shape index (κ3) is 3.10. The number of nitrogens with one attached hydrogen (secondary N) is 2. The van der Waals surface area contributed by atoms with Crippen molar-refractivity contribution in [3.05, 3.63) is 77.7 Å². The maximum Gasteiger partial charge on any atom is 0.134 e. The predicted octanol–water partition coefficient (Wildman–Crippen LogP) is 3.83. The molecule has 0 saturated heterocycles. The molecule has 2 aromatic carbocycles. The summed E-state index contributed by atoms with van der Waals surface area (Å²) in [4.78, 5) is 4.28. The summed E-state index contributed by atoms with van der Waals surface area (Å²) in [7, 11) is 0. The number of fused-ring (bicyclic) bond motifs is 2. The van der Waals surface area contributed by atoms with E-state index in [2.05, 4.69) is 74.1 Å². The minimum absolute atomic E-state index is 0.738. The topological polar surface area (TPSA) is 84.3 Å². The molecule has 1 aliphatic rings. The fraction of sp³-hybridized carbons (Fsp3) is 0.167. The first-order valence-corrected chi connectivity index (χ1v) is 10.4. The van der Waals surface area contributed by atoms with E-state index in [0.717, 1.165) is 58.6 Å². The highest BCUT2D eigenvalue weighted by Crippen LogP contribution is 2.31. The number of hydrogen-bond acceptors (Lipinski definition) is 5. The number of aryl methyl sites for hydroxylation is 1. The molecule has 0 saturated carbocycles. The van der Waals surface area contributed by atoms with Gasteiger partial charge in [-0.3, -0.25) is 10.1 Å². The van der Waals surface area contributed by atoms with Crippen LogP contribution in [0.25, 0.3) is 39.1 Å². The van der Waals surface area contributed by atoms with E-state index in [-0.39, 0.29) is 0 Å². The standard InChI is InChI=1S/C24H21N7/c1-15-6-8-26-13-21(15)17-3-5-22-20(11-17)24(29-27-22)23-14-31(30-28-23)19-4-2-16-7-9-25-12-18(16)10-19/h2-6,8,10-11,13-14,25H,7,9,12H2,1H3,(H,27,29). The molecule has 0 amide bonds. The molecule has 0 atom stereocenters. The molecule has 0 bridgehead atoms. The molecule has 6 rings (SSSR count). The van der Waals surface area contributed by atoms with Gasteiger partial charge in [-0.25, -0.2) is 4.68 Å². The van der Waals surface area contributed by atoms with E-state index in [1.54, 1.807) is 0 Å². The van der Waals surface area contributed by atoms with Gasteiger partial charge in [-0.15, -0.1) is 5.10 Å². The van der Waals surface area contributed by atoms with Gasteiger partial charge in [-0.1, -0.05) is 17.3 Å². The Balaban J connectivity index is 1.40. The second-order valence-corrected chi connectivity index (χ2v) is 7.95. The van der Waals surface area contributed by atoms with Crippen LogP contribution in [0.3, 0.4) is 0 Å². The van der Waals surface area contributed by atoms with Crippen molar-refractivity contribution >= 4 is 10.9 Å². The number of pyridine rings is 1. The molecule has 5 aromatic rings. The van der Waals surface area contributed by atoms with Crippen LogP contribution in [0.5, 0.6) is 0 Å². The van der Waals surface area contributed by atoms with Crippen molar-refractivity contribution in [1.82, 2.24) is 35.5 Å². The first kappa shape index (κ1) is 18.0. The van der Waals surface area contributed by atoms with Gasteiger partial charge in [0.2, 0.25) is 0 Å². The van der Waals surface area contributed by atoms with Gasteiger partial charge in [-0.2, -0.15) is 5.10 Å². The van der Waals surface area contributed by atoms with Crippen LogP contribution in [0, 0.1) is 6.92 Å². The lowest BCUT2D eigenvalue weighted by atomic mass is 10.0. The molecule has 0 unspecified atom stereocenters. The number of aromatic nitrogens is 6. The Hall–Kier alpha value is -3.84. The molecule has 7 heteroatoms. The van der Waals surface area contributed by atoms with E-state index >= 15 is 0 Å². The molecule has 7 nitrogen and oxygen atoms in total. The van der Waals surface area contributed by atoms with Crippen molar-refractivity contribution < 1.29 is 0 Å². The number of aromatic amines is 1. The second-order valence-electron chi connectivity index (χ2n) is 7.95. The number of nitrogens with zero attached hydrogens (tertiary/aromatic N) is 5. The predicted molar refractivity (Wildman–Crippen MR) is 120 cm³/mol. The van der Waals surface area contributed by atoms with Crippen molar-refractivity contribution in [3.8, 4) is 28.2 Å². The van der Waals surface area contributed by atoms with Gasteiger partial charge >= 0.3 is 0 Å². The van der Waals surface area contributed by atoms with E-state index in [1.165, 1.54) is 16.7 Å². The van der Waals surface area contributed by atoms with Gasteiger partial charge in [0.05, 0.1) is 17.4 Å². The van der Waals surface area contributed by atoms with Crippen LogP contribution in [0.2, 0.25) is 0 Å². The molecule has 3 aromatic heterocycles. The van der Waals surface area contributed by atoms with Crippen LogP contribution in [-0.4, -0.2) is 36.7 Å². The van der Waals surface area contributed by atoms with Crippen LogP contribution < -0.4 is 5.32 Å². The number of hydrogen-bond donors (Lipinski definition) is 2. The monoisotopic (exact) mass is 407 g/mol. The fourth-order valence-corrected chi connectivity index (χ4v) is 4.25. The summed E-state index contributed by atoms with van der Waals surface area (Å²) in [5.41, 5.74) is 9.64. The zero-order chi connectivity index (χ0) is 20.8.